The van der Waals surface area contributed by atoms with Gasteiger partial charge in [-0.15, -0.1) is 0 Å². The molecule has 726 valence electrons. The Hall–Kier alpha value is -16.4. The molecule has 0 aliphatic heterocycles. The number of halogens is 9. The number of hydrogen-bond acceptors (Lipinski definition) is 22. The maximum Gasteiger partial charge on any atom is 0.433 e. The van der Waals surface area contributed by atoms with Gasteiger partial charge in [-0.25, -0.2) is 22.5 Å². The van der Waals surface area contributed by atoms with Crippen LogP contribution in [0.1, 0.15) is 107 Å². The Kier molecular flexibility index (Phi) is 36.7. The summed E-state index contributed by atoms with van der Waals surface area (Å²) in [4.78, 5) is 105. The summed E-state index contributed by atoms with van der Waals surface area (Å²) in [6.45, 7) is 9.25. The first-order chi connectivity index (χ1) is 68.7. The van der Waals surface area contributed by atoms with Crippen LogP contribution in [-0.4, -0.2) is 86.9 Å². The number of esters is 1. The maximum absolute atomic E-state index is 13.2. The second kappa shape index (κ2) is 50.4. The van der Waals surface area contributed by atoms with Gasteiger partial charge in [-0.1, -0.05) is 83.9 Å². The van der Waals surface area contributed by atoms with Crippen molar-refractivity contribution in [3.63, 3.8) is 0 Å². The van der Waals surface area contributed by atoms with E-state index in [1.54, 1.807) is 94.4 Å². The van der Waals surface area contributed by atoms with Gasteiger partial charge in [0.25, 0.3) is 0 Å². The Balaban J connectivity index is 0.000000144. The fourth-order valence-corrected chi connectivity index (χ4v) is 14.6. The highest BCUT2D eigenvalue weighted by atomic mass is 35.5. The highest BCUT2D eigenvalue weighted by molar-refractivity contribution is 6.31. The number of hydrogen-bond donors (Lipinski definition) is 0. The van der Waals surface area contributed by atoms with E-state index in [1.807, 2.05) is 158 Å². The van der Waals surface area contributed by atoms with Gasteiger partial charge in [0.1, 0.15) is 120 Å². The zero-order valence-corrected chi connectivity index (χ0v) is 79.6. The van der Waals surface area contributed by atoms with E-state index in [-0.39, 0.29) is 78.3 Å². The first kappa shape index (κ1) is 104. The SMILES string of the molecule is CC(=O)Cc1cnc2cc(OCc3ccc(F)c(F)c3)cnc2c1.CC(=O)Cc1cnc2cc(OCc3ccc(F)cc3)ccc2c1.CC(=O)Cc1cnc2cc(OCc3cccc(C(F)(F)F)n3)cnc2c1.CC(=O)Cc1cnc2cc(OCc3cccc(Cl)c3)ccc2c1.CC(=O)Cc1cnc2cc(OCc3cccc(F)c3)ccc2c1.COC(=O)Cc1cnc2cc(OCc3cccc(Cl)c3)ccc2c1. The Bertz CT molecular complexity index is 7480. The van der Waals surface area contributed by atoms with E-state index in [4.69, 9.17) is 51.6 Å². The second-order valence-electron chi connectivity index (χ2n) is 33.1. The minimum Gasteiger partial charge on any atom is -0.489 e. The smallest absolute Gasteiger partial charge is 0.433 e. The van der Waals surface area contributed by atoms with Crippen molar-refractivity contribution in [1.29, 1.82) is 0 Å². The molecule has 143 heavy (non-hydrogen) atoms. The molecule has 0 aliphatic rings. The largest absolute Gasteiger partial charge is 0.489 e. The third kappa shape index (κ3) is 33.1. The normalized spacial score (nSPS) is 10.8. The van der Waals surface area contributed by atoms with Crippen LogP contribution in [0.3, 0.4) is 0 Å². The standard InChI is InChI=1S/C19H16ClNO3.C19H16ClNO2.2C19H16FNO2.C18H14F3N3O2.C18H14F2N2O2/c1-23-19(22)9-14-7-15-5-6-17(10-18(15)21-11-14)24-12-13-3-2-4-16(20)8-13;1-13(22)7-15-8-16-5-6-18(10-19(16)21-11-15)23-12-14-3-2-4-17(20)9-14;1-13(22)8-15-9-16-4-7-18(10-19(16)21-11-15)23-12-14-2-5-17(20)6-3-14;1-13(22)7-15-8-16-5-6-18(10-19(16)21-11-15)23-12-14-3-2-4-17(20)9-14;1-11(25)5-12-6-15-16(22-8-12)7-14(9-23-15)26-10-13-3-2-4-17(24-13)18(19,20)21;1-11(23)4-13-6-17-18(21-8-13)7-14(9-22-17)24-10-12-2-3-15(19)16(20)5-12/h2-8,10-11H,9,12H2,1H3;2-6,8-11H,7,12H2,1H3;2-7,9-11H,8,12H2,1H3;2-6,8-11H,7,12H2,1H3;2-4,6-9H,5,10H2,1H3;2-3,5-9H,4,10H2,1H3. The predicted molar refractivity (Wildman–Crippen MR) is 531 cm³/mol. The van der Waals surface area contributed by atoms with E-state index in [1.165, 1.54) is 75.8 Å². The monoisotopic (exact) mass is 1970 g/mol. The molecule has 0 radical (unpaired) electrons. The summed E-state index contributed by atoms with van der Waals surface area (Å²) in [5.74, 6) is 1.53. The summed E-state index contributed by atoms with van der Waals surface area (Å²) in [6.07, 6.45) is 10.6. The number of nitrogens with zero attached hydrogens (tertiary/aromatic N) is 9. The maximum atomic E-state index is 13.2. The van der Waals surface area contributed by atoms with Crippen molar-refractivity contribution < 1.29 is 92.7 Å². The number of Topliss-reactive ketones (excluding diaryl/α,β-unsaturated/α-hetero) is 5. The van der Waals surface area contributed by atoms with Gasteiger partial charge in [0.05, 0.1) is 75.8 Å². The topological polar surface area (TPSA) is 283 Å². The molecule has 0 saturated heterocycles. The molecule has 0 fully saturated rings. The van der Waals surface area contributed by atoms with Crippen molar-refractivity contribution in [2.75, 3.05) is 7.11 Å². The van der Waals surface area contributed by atoms with Crippen molar-refractivity contribution >= 4 is 124 Å². The summed E-state index contributed by atoms with van der Waals surface area (Å²) in [5.41, 5.74) is 14.3. The lowest BCUT2D eigenvalue weighted by Crippen LogP contribution is -2.10. The molecule has 9 aromatic heterocycles. The second-order valence-corrected chi connectivity index (χ2v) is 33.9. The van der Waals surface area contributed by atoms with Crippen LogP contribution < -0.4 is 28.4 Å². The molecule has 9 heterocycles. The number of alkyl halides is 3. The van der Waals surface area contributed by atoms with Gasteiger partial charge in [0.2, 0.25) is 0 Å². The third-order valence-electron chi connectivity index (χ3n) is 20.9. The van der Waals surface area contributed by atoms with Gasteiger partial charge in [0, 0.05) is 137 Å². The third-order valence-corrected chi connectivity index (χ3v) is 21.4. The molecule has 18 rings (SSSR count). The average molecular weight is 1980 g/mol. The molecule has 31 heteroatoms. The van der Waals surface area contributed by atoms with Crippen molar-refractivity contribution in [2.45, 2.75) is 119 Å². The van der Waals surface area contributed by atoms with Crippen LogP contribution in [0.4, 0.5) is 30.7 Å². The number of aromatic nitrogens is 9. The zero-order chi connectivity index (χ0) is 101. The van der Waals surface area contributed by atoms with Crippen LogP contribution in [0.25, 0.3) is 65.7 Å². The highest BCUT2D eigenvalue weighted by Gasteiger charge is 2.32. The summed E-state index contributed by atoms with van der Waals surface area (Å²) in [7, 11) is 1.38. The first-order valence-corrected chi connectivity index (χ1v) is 45.3. The lowest BCUT2D eigenvalue weighted by molar-refractivity contribution is -0.141. The molecule has 0 N–H and O–H groups in total. The summed E-state index contributed by atoms with van der Waals surface area (Å²) < 4.78 is 129. The number of ketones is 5. The van der Waals surface area contributed by atoms with Crippen LogP contribution in [0.15, 0.2) is 304 Å². The number of carbonyl (C=O) groups excluding carboxylic acids is 6. The van der Waals surface area contributed by atoms with Gasteiger partial charge in [-0.05, 0) is 254 Å². The minimum atomic E-state index is -4.50. The molecular weight excluding hydrogens is 1880 g/mol. The molecule has 0 bridgehead atoms. The number of methoxy groups -OCH3 is 1. The number of carbonyl (C=O) groups is 6. The molecular formula is C112H92Cl2F7N9O13. The van der Waals surface area contributed by atoms with Crippen LogP contribution in [0.5, 0.6) is 34.5 Å². The van der Waals surface area contributed by atoms with E-state index < -0.39 is 23.5 Å². The number of fused-ring (bicyclic) bond motifs is 6. The summed E-state index contributed by atoms with van der Waals surface area (Å²) in [5, 5.41) is 5.27. The van der Waals surface area contributed by atoms with Crippen LogP contribution in [0, 0.1) is 23.3 Å². The summed E-state index contributed by atoms with van der Waals surface area (Å²) >= 11 is 11.9. The lowest BCUT2D eigenvalue weighted by Gasteiger charge is -2.09. The van der Waals surface area contributed by atoms with E-state index in [2.05, 4.69) is 49.6 Å². The molecule has 0 spiro atoms. The van der Waals surface area contributed by atoms with Gasteiger partial charge in [0.15, 0.2) is 11.6 Å². The van der Waals surface area contributed by atoms with Gasteiger partial charge in [-0.3, -0.25) is 68.6 Å². The van der Waals surface area contributed by atoms with Crippen LogP contribution >= 0.6 is 23.2 Å². The lowest BCUT2D eigenvalue weighted by atomic mass is 10.1. The summed E-state index contributed by atoms with van der Waals surface area (Å²) in [6, 6.07) is 72.4. The van der Waals surface area contributed by atoms with Crippen LogP contribution in [-0.2, 0) is 118 Å². The first-order valence-electron chi connectivity index (χ1n) is 44.6. The fraction of sp³-hybridized carbons (Fsp3) is 0.170. The van der Waals surface area contributed by atoms with Gasteiger partial charge < -0.3 is 33.2 Å². The van der Waals surface area contributed by atoms with E-state index in [0.29, 0.717) is 113 Å². The minimum absolute atomic E-state index is 0.0275. The number of pyridine rings is 9. The predicted octanol–water partition coefficient (Wildman–Crippen LogP) is 24.3. The number of benzene rings is 9. The van der Waals surface area contributed by atoms with Gasteiger partial charge in [-0.2, -0.15) is 13.2 Å². The molecule has 18 aromatic rings. The van der Waals surface area contributed by atoms with Crippen LogP contribution in [0.2, 0.25) is 10.0 Å². The average Bonchev–Trinajstić information content (AvgIpc) is 0.844. The molecule has 0 amide bonds. The molecule has 22 nitrogen and oxygen atoms in total. The van der Waals surface area contributed by atoms with Crippen molar-refractivity contribution in [1.82, 2.24) is 44.9 Å². The van der Waals surface area contributed by atoms with Gasteiger partial charge >= 0.3 is 12.1 Å². The number of rotatable bonds is 30. The number of ether oxygens (including phenoxy) is 7. The van der Waals surface area contributed by atoms with E-state index >= 15 is 0 Å². The van der Waals surface area contributed by atoms with Crippen molar-refractivity contribution in [3.8, 4) is 34.5 Å². The highest BCUT2D eigenvalue weighted by Crippen LogP contribution is 2.32. The fourth-order valence-electron chi connectivity index (χ4n) is 14.2. The Morgan fingerprint density at radius 2 is 0.587 bits per heavy atom. The Labute approximate surface area is 827 Å². The quantitative estimate of drug-likeness (QED) is 0.0298. The molecule has 0 unspecified atom stereocenters. The van der Waals surface area contributed by atoms with E-state index in [9.17, 15) is 59.5 Å². The molecule has 9 aromatic carbocycles. The molecule has 0 aliphatic carbocycles. The van der Waals surface area contributed by atoms with Crippen molar-refractivity contribution in [2.24, 2.45) is 0 Å². The molecule has 0 saturated carbocycles. The zero-order valence-electron chi connectivity index (χ0n) is 78.1. The Morgan fingerprint density at radius 1 is 0.273 bits per heavy atom. The molecule has 0 atom stereocenters. The Morgan fingerprint density at radius 3 is 0.958 bits per heavy atom. The van der Waals surface area contributed by atoms with E-state index in [0.717, 1.165) is 129 Å². The van der Waals surface area contributed by atoms with Crippen molar-refractivity contribution in [3.05, 3.63) is 410 Å².